The van der Waals surface area contributed by atoms with E-state index in [9.17, 15) is 4.79 Å². The fraction of sp³-hybridized carbons (Fsp3) is 0.917. The summed E-state index contributed by atoms with van der Waals surface area (Å²) in [5.41, 5.74) is 0.279. The largest absolute Gasteiger partial charge is 0.337 e. The normalized spacial score (nSPS) is 26.3. The average molecular weight is 210 g/mol. The molecule has 3 nitrogen and oxygen atoms in total. The number of piperidine rings is 1. The molecule has 1 spiro atoms. The molecule has 1 N–H and O–H groups in total. The van der Waals surface area contributed by atoms with Crippen molar-refractivity contribution >= 4 is 5.91 Å². The molecule has 86 valence electrons. The highest BCUT2D eigenvalue weighted by atomic mass is 16.2. The van der Waals surface area contributed by atoms with Crippen LogP contribution >= 0.6 is 0 Å². The van der Waals surface area contributed by atoms with Crippen molar-refractivity contribution < 1.29 is 4.79 Å². The van der Waals surface area contributed by atoms with Crippen molar-refractivity contribution in [3.05, 3.63) is 0 Å². The lowest BCUT2D eigenvalue weighted by Crippen LogP contribution is -2.45. The number of carbonyl (C=O) groups is 1. The number of nitrogens with zero attached hydrogens (tertiary/aromatic N) is 1. The summed E-state index contributed by atoms with van der Waals surface area (Å²) in [5, 5.41) is 3.37. The van der Waals surface area contributed by atoms with Gasteiger partial charge in [0.1, 0.15) is 0 Å². The summed E-state index contributed by atoms with van der Waals surface area (Å²) in [6, 6.07) is 0. The maximum Gasteiger partial charge on any atom is 0.223 e. The van der Waals surface area contributed by atoms with Gasteiger partial charge in [-0.05, 0) is 52.1 Å². The van der Waals surface area contributed by atoms with E-state index < -0.39 is 0 Å². The fourth-order valence-corrected chi connectivity index (χ4v) is 2.80. The molecule has 2 fully saturated rings. The molecule has 15 heavy (non-hydrogen) atoms. The van der Waals surface area contributed by atoms with Crippen LogP contribution in [-0.4, -0.2) is 36.0 Å². The second kappa shape index (κ2) is 3.48. The zero-order chi connectivity index (χ0) is 11.1. The Bertz CT molecular complexity index is 261. The lowest BCUT2D eigenvalue weighted by atomic mass is 9.78. The third kappa shape index (κ3) is 2.03. The van der Waals surface area contributed by atoms with Crippen molar-refractivity contribution in [2.45, 2.75) is 45.6 Å². The quantitative estimate of drug-likeness (QED) is 0.655. The summed E-state index contributed by atoms with van der Waals surface area (Å²) in [7, 11) is 0. The SMILES string of the molecule is CC(C)(C)N1CC2(CCNCC2)CC1=O. The number of amides is 1. The van der Waals surface area contributed by atoms with Crippen LogP contribution in [-0.2, 0) is 4.79 Å². The molecule has 0 saturated carbocycles. The van der Waals surface area contributed by atoms with Gasteiger partial charge < -0.3 is 10.2 Å². The molecule has 1 amide bonds. The van der Waals surface area contributed by atoms with Gasteiger partial charge >= 0.3 is 0 Å². The number of hydrogen-bond acceptors (Lipinski definition) is 2. The highest BCUT2D eigenvalue weighted by Gasteiger charge is 2.46. The van der Waals surface area contributed by atoms with Crippen LogP contribution in [0.5, 0.6) is 0 Å². The molecular formula is C12H22N2O. The number of rotatable bonds is 0. The maximum absolute atomic E-state index is 12.0. The third-order valence-corrected chi connectivity index (χ3v) is 3.79. The Labute approximate surface area is 92.2 Å². The lowest BCUT2D eigenvalue weighted by molar-refractivity contribution is -0.131. The Hall–Kier alpha value is -0.570. The first-order valence-corrected chi connectivity index (χ1v) is 5.94. The van der Waals surface area contributed by atoms with E-state index in [4.69, 9.17) is 0 Å². The van der Waals surface area contributed by atoms with Gasteiger partial charge in [-0.2, -0.15) is 0 Å². The monoisotopic (exact) mass is 210 g/mol. The smallest absolute Gasteiger partial charge is 0.223 e. The van der Waals surface area contributed by atoms with Crippen LogP contribution in [0, 0.1) is 5.41 Å². The molecule has 0 bridgehead atoms. The minimum absolute atomic E-state index is 0.00847. The van der Waals surface area contributed by atoms with E-state index in [0.717, 1.165) is 38.9 Å². The van der Waals surface area contributed by atoms with E-state index in [-0.39, 0.29) is 11.0 Å². The Morgan fingerprint density at radius 3 is 2.33 bits per heavy atom. The average Bonchev–Trinajstić information content (AvgIpc) is 2.44. The predicted octanol–water partition coefficient (Wildman–Crippen LogP) is 1.39. The van der Waals surface area contributed by atoms with Crippen molar-refractivity contribution in [2.24, 2.45) is 5.41 Å². The molecule has 2 saturated heterocycles. The second-order valence-electron chi connectivity index (χ2n) is 6.08. The molecule has 0 aromatic heterocycles. The van der Waals surface area contributed by atoms with Crippen LogP contribution in [0.25, 0.3) is 0 Å². The van der Waals surface area contributed by atoms with Gasteiger partial charge in [-0.3, -0.25) is 4.79 Å². The van der Waals surface area contributed by atoms with E-state index in [0.29, 0.717) is 5.91 Å². The van der Waals surface area contributed by atoms with Crippen molar-refractivity contribution in [3.63, 3.8) is 0 Å². The summed E-state index contributed by atoms with van der Waals surface area (Å²) >= 11 is 0. The standard InChI is InChI=1S/C12H22N2O/c1-11(2,3)14-9-12(8-10(14)15)4-6-13-7-5-12/h13H,4-9H2,1-3H3. The highest BCUT2D eigenvalue weighted by molar-refractivity contribution is 5.80. The van der Waals surface area contributed by atoms with Crippen LogP contribution in [0.3, 0.4) is 0 Å². The highest BCUT2D eigenvalue weighted by Crippen LogP contribution is 2.41. The first-order valence-electron chi connectivity index (χ1n) is 5.94. The van der Waals surface area contributed by atoms with E-state index >= 15 is 0 Å². The number of likely N-dealkylation sites (tertiary alicyclic amines) is 1. The van der Waals surface area contributed by atoms with Gasteiger partial charge in [0.05, 0.1) is 0 Å². The van der Waals surface area contributed by atoms with Gasteiger partial charge in [0.25, 0.3) is 0 Å². The molecule has 0 unspecified atom stereocenters. The Morgan fingerprint density at radius 1 is 1.27 bits per heavy atom. The Kier molecular flexibility index (Phi) is 2.53. The molecule has 0 aliphatic carbocycles. The molecular weight excluding hydrogens is 188 g/mol. The maximum atomic E-state index is 12.0. The fourth-order valence-electron chi connectivity index (χ4n) is 2.80. The first kappa shape index (κ1) is 10.9. The van der Waals surface area contributed by atoms with Crippen LogP contribution in [0.15, 0.2) is 0 Å². The summed E-state index contributed by atoms with van der Waals surface area (Å²) in [6.07, 6.45) is 3.09. The Morgan fingerprint density at radius 2 is 1.87 bits per heavy atom. The topological polar surface area (TPSA) is 32.3 Å². The van der Waals surface area contributed by atoms with Crippen molar-refractivity contribution in [1.29, 1.82) is 0 Å². The molecule has 3 heteroatoms. The van der Waals surface area contributed by atoms with Gasteiger partial charge in [-0.1, -0.05) is 0 Å². The minimum Gasteiger partial charge on any atom is -0.337 e. The number of hydrogen-bond donors (Lipinski definition) is 1. The van der Waals surface area contributed by atoms with Crippen molar-refractivity contribution in [2.75, 3.05) is 19.6 Å². The number of nitrogens with one attached hydrogen (secondary N) is 1. The molecule has 2 heterocycles. The van der Waals surface area contributed by atoms with Crippen LogP contribution in [0.1, 0.15) is 40.0 Å². The molecule has 0 radical (unpaired) electrons. The molecule has 0 atom stereocenters. The molecule has 0 aromatic rings. The summed E-state index contributed by atoms with van der Waals surface area (Å²) in [5.74, 6) is 0.351. The van der Waals surface area contributed by atoms with E-state index in [1.165, 1.54) is 0 Å². The zero-order valence-electron chi connectivity index (χ0n) is 10.1. The first-order chi connectivity index (χ1) is 6.93. The molecule has 0 aromatic carbocycles. The Balaban J connectivity index is 2.12. The van der Waals surface area contributed by atoms with Crippen LogP contribution in [0.4, 0.5) is 0 Å². The molecule has 2 rings (SSSR count). The van der Waals surface area contributed by atoms with Gasteiger partial charge in [-0.25, -0.2) is 0 Å². The molecule has 2 aliphatic rings. The lowest BCUT2D eigenvalue weighted by Gasteiger charge is -2.37. The van der Waals surface area contributed by atoms with Crippen molar-refractivity contribution in [1.82, 2.24) is 10.2 Å². The van der Waals surface area contributed by atoms with Crippen molar-refractivity contribution in [3.8, 4) is 0 Å². The zero-order valence-corrected chi connectivity index (χ0v) is 10.1. The number of carbonyl (C=O) groups excluding carboxylic acids is 1. The van der Waals surface area contributed by atoms with Gasteiger partial charge in [-0.15, -0.1) is 0 Å². The summed E-state index contributed by atoms with van der Waals surface area (Å²) < 4.78 is 0. The second-order valence-corrected chi connectivity index (χ2v) is 6.08. The van der Waals surface area contributed by atoms with E-state index in [1.807, 2.05) is 0 Å². The summed E-state index contributed by atoms with van der Waals surface area (Å²) in [4.78, 5) is 14.1. The van der Waals surface area contributed by atoms with Gasteiger partial charge in [0.15, 0.2) is 0 Å². The van der Waals surface area contributed by atoms with Gasteiger partial charge in [0, 0.05) is 18.5 Å². The summed E-state index contributed by atoms with van der Waals surface area (Å²) in [6.45, 7) is 9.51. The third-order valence-electron chi connectivity index (χ3n) is 3.79. The van der Waals surface area contributed by atoms with E-state index in [2.05, 4.69) is 31.0 Å². The minimum atomic E-state index is -0.00847. The van der Waals surface area contributed by atoms with Crippen LogP contribution < -0.4 is 5.32 Å². The van der Waals surface area contributed by atoms with Gasteiger partial charge in [0.2, 0.25) is 5.91 Å². The van der Waals surface area contributed by atoms with E-state index in [1.54, 1.807) is 0 Å². The predicted molar refractivity (Wildman–Crippen MR) is 60.6 cm³/mol. The molecule has 2 aliphatic heterocycles. The van der Waals surface area contributed by atoms with Crippen LogP contribution in [0.2, 0.25) is 0 Å².